The highest BCUT2D eigenvalue weighted by atomic mass is 16.7. The summed E-state index contributed by atoms with van der Waals surface area (Å²) in [6.45, 7) is 14.6. The molecule has 7 heteroatoms. The first-order chi connectivity index (χ1) is 17.2. The zero-order valence-electron chi connectivity index (χ0n) is 23.8. The molecular weight excluding hydrogens is 472 g/mol. The Morgan fingerprint density at radius 3 is 2.14 bits per heavy atom. The van der Waals surface area contributed by atoms with Gasteiger partial charge < -0.3 is 18.9 Å². The fourth-order valence-electron chi connectivity index (χ4n) is 10.3. The average Bonchev–Trinajstić information content (AvgIpc) is 3.10. The van der Waals surface area contributed by atoms with Crippen molar-refractivity contribution in [3.05, 3.63) is 11.1 Å². The Morgan fingerprint density at radius 2 is 1.51 bits per heavy atom. The molecule has 4 aliphatic carbocycles. The molecule has 0 N–H and O–H groups in total. The van der Waals surface area contributed by atoms with Gasteiger partial charge in [0.25, 0.3) is 6.29 Å². The summed E-state index contributed by atoms with van der Waals surface area (Å²) in [6, 6.07) is 0. The molecule has 0 spiro atoms. The fourth-order valence-corrected chi connectivity index (χ4v) is 10.3. The summed E-state index contributed by atoms with van der Waals surface area (Å²) in [6.07, 6.45) is 5.25. The van der Waals surface area contributed by atoms with Crippen LogP contribution in [0.25, 0.3) is 0 Å². The minimum Gasteiger partial charge on any atom is -0.462 e. The minimum absolute atomic E-state index is 0.0400. The molecular formula is C30H44O7. The molecule has 0 amide bonds. The van der Waals surface area contributed by atoms with Gasteiger partial charge in [-0.15, -0.1) is 0 Å². The molecule has 0 bridgehead atoms. The molecule has 9 atom stereocenters. The Labute approximate surface area is 221 Å². The number of fused-ring (bicyclic) bond motifs is 6. The molecule has 0 radical (unpaired) electrons. The molecule has 3 saturated carbocycles. The van der Waals surface area contributed by atoms with E-state index in [2.05, 4.69) is 34.6 Å². The lowest BCUT2D eigenvalue weighted by molar-refractivity contribution is -0.229. The summed E-state index contributed by atoms with van der Waals surface area (Å²) in [5.74, 6) is -0.356. The van der Waals surface area contributed by atoms with Crippen LogP contribution in [-0.4, -0.2) is 43.5 Å². The van der Waals surface area contributed by atoms with Crippen LogP contribution in [0.4, 0.5) is 0 Å². The third kappa shape index (κ3) is 3.65. The maximum Gasteiger partial charge on any atom is 0.338 e. The van der Waals surface area contributed by atoms with E-state index in [0.29, 0.717) is 35.8 Å². The van der Waals surface area contributed by atoms with Crippen LogP contribution in [-0.2, 0) is 33.3 Å². The predicted octanol–water partition coefficient (Wildman–Crippen LogP) is 5.35. The molecule has 0 aromatic rings. The Balaban J connectivity index is 1.68. The van der Waals surface area contributed by atoms with E-state index >= 15 is 0 Å². The minimum atomic E-state index is -1.10. The van der Waals surface area contributed by atoms with Crippen LogP contribution in [0.5, 0.6) is 0 Å². The lowest BCUT2D eigenvalue weighted by Gasteiger charge is -2.70. The number of hydrogen-bond donors (Lipinski definition) is 0. The number of hydrogen-bond acceptors (Lipinski definition) is 7. The van der Waals surface area contributed by atoms with E-state index in [1.807, 2.05) is 0 Å². The van der Waals surface area contributed by atoms with Crippen molar-refractivity contribution in [1.82, 2.24) is 0 Å². The molecule has 5 rings (SSSR count). The number of cyclic esters (lactones) is 1. The van der Waals surface area contributed by atoms with Crippen LogP contribution < -0.4 is 0 Å². The van der Waals surface area contributed by atoms with Crippen LogP contribution in [0.1, 0.15) is 93.4 Å². The van der Waals surface area contributed by atoms with E-state index in [-0.39, 0.29) is 28.1 Å². The van der Waals surface area contributed by atoms with Gasteiger partial charge >= 0.3 is 17.9 Å². The van der Waals surface area contributed by atoms with Gasteiger partial charge in [-0.05, 0) is 72.5 Å². The normalized spacial score (nSPS) is 46.1. The Bertz CT molecular complexity index is 1040. The lowest BCUT2D eigenvalue weighted by atomic mass is 9.35. The van der Waals surface area contributed by atoms with Crippen molar-refractivity contribution >= 4 is 17.9 Å². The summed E-state index contributed by atoms with van der Waals surface area (Å²) in [4.78, 5) is 37.9. The standard InChI is InChI=1S/C30H44O7/c1-16(31)35-22-15-20-28(5)12-9-11-27(3,4)19(28)10-13-29(20,6)21-14-18(34-8)23-24(30(21,22)7)25(33)37-26(23)36-17(2)32/h18-22,26H,9-15H2,1-8H3. The van der Waals surface area contributed by atoms with Gasteiger partial charge in [0.2, 0.25) is 0 Å². The van der Waals surface area contributed by atoms with E-state index in [0.717, 1.165) is 12.8 Å². The van der Waals surface area contributed by atoms with Crippen LogP contribution in [0.2, 0.25) is 0 Å². The summed E-state index contributed by atoms with van der Waals surface area (Å²) in [7, 11) is 1.64. The van der Waals surface area contributed by atoms with Crippen molar-refractivity contribution in [2.24, 2.45) is 39.4 Å². The van der Waals surface area contributed by atoms with E-state index < -0.39 is 35.9 Å². The largest absolute Gasteiger partial charge is 0.462 e. The molecule has 1 aliphatic heterocycles. The SMILES string of the molecule is COC1CC2C3(C)CCC4C(C)(C)CCCC4(C)C3CC(OC(C)=O)C2(C)C2=C1C(OC(C)=O)OC2=O. The van der Waals surface area contributed by atoms with Crippen molar-refractivity contribution in [3.8, 4) is 0 Å². The monoisotopic (exact) mass is 516 g/mol. The highest BCUT2D eigenvalue weighted by Gasteiger charge is 2.71. The van der Waals surface area contributed by atoms with Gasteiger partial charge in [-0.25, -0.2) is 4.79 Å². The highest BCUT2D eigenvalue weighted by Crippen LogP contribution is 2.74. The topological polar surface area (TPSA) is 88.1 Å². The van der Waals surface area contributed by atoms with Crippen molar-refractivity contribution in [2.45, 2.75) is 112 Å². The Kier molecular flexibility index (Phi) is 6.18. The summed E-state index contributed by atoms with van der Waals surface area (Å²) in [5.41, 5.74) is 0.640. The Morgan fingerprint density at radius 1 is 0.865 bits per heavy atom. The van der Waals surface area contributed by atoms with Crippen molar-refractivity contribution in [2.75, 3.05) is 7.11 Å². The third-order valence-corrected chi connectivity index (χ3v) is 11.6. The summed E-state index contributed by atoms with van der Waals surface area (Å²) < 4.78 is 23.2. The second-order valence-electron chi connectivity index (χ2n) is 13.8. The van der Waals surface area contributed by atoms with Crippen molar-refractivity contribution in [1.29, 1.82) is 0 Å². The quantitative estimate of drug-likeness (QED) is 0.467. The summed E-state index contributed by atoms with van der Waals surface area (Å²) >= 11 is 0. The summed E-state index contributed by atoms with van der Waals surface area (Å²) in [5, 5.41) is 0. The number of carbonyl (C=O) groups is 3. The van der Waals surface area contributed by atoms with Crippen molar-refractivity contribution < 1.29 is 33.3 Å². The first kappa shape index (κ1) is 26.7. The second-order valence-corrected chi connectivity index (χ2v) is 13.8. The van der Waals surface area contributed by atoms with Gasteiger partial charge in [0, 0.05) is 26.4 Å². The van der Waals surface area contributed by atoms with Crippen LogP contribution in [0, 0.1) is 39.4 Å². The molecule has 0 aromatic carbocycles. The number of esters is 3. The molecule has 5 aliphatic rings. The molecule has 7 nitrogen and oxygen atoms in total. The molecule has 1 heterocycles. The number of methoxy groups -OCH3 is 1. The number of rotatable bonds is 3. The van der Waals surface area contributed by atoms with Crippen LogP contribution in [0.15, 0.2) is 11.1 Å². The van der Waals surface area contributed by atoms with Gasteiger partial charge in [0.1, 0.15) is 6.10 Å². The molecule has 37 heavy (non-hydrogen) atoms. The van der Waals surface area contributed by atoms with E-state index in [4.69, 9.17) is 18.9 Å². The second kappa shape index (κ2) is 8.56. The van der Waals surface area contributed by atoms with Gasteiger partial charge in [-0.3, -0.25) is 9.59 Å². The van der Waals surface area contributed by atoms with E-state index in [1.165, 1.54) is 33.1 Å². The van der Waals surface area contributed by atoms with Crippen LogP contribution >= 0.6 is 0 Å². The third-order valence-electron chi connectivity index (χ3n) is 11.6. The zero-order chi connectivity index (χ0) is 27.1. The molecule has 0 aromatic heterocycles. The smallest absolute Gasteiger partial charge is 0.338 e. The highest BCUT2D eigenvalue weighted by molar-refractivity contribution is 5.95. The molecule has 0 saturated heterocycles. The first-order valence-electron chi connectivity index (χ1n) is 14.0. The number of carbonyl (C=O) groups excluding carboxylic acids is 3. The molecule has 206 valence electrons. The zero-order valence-corrected chi connectivity index (χ0v) is 23.8. The van der Waals surface area contributed by atoms with E-state index in [1.54, 1.807) is 7.11 Å². The average molecular weight is 517 g/mol. The molecule has 3 fully saturated rings. The molecule has 9 unspecified atom stereocenters. The maximum atomic E-state index is 13.5. The van der Waals surface area contributed by atoms with Gasteiger partial charge in [0.15, 0.2) is 0 Å². The van der Waals surface area contributed by atoms with Crippen molar-refractivity contribution in [3.63, 3.8) is 0 Å². The predicted molar refractivity (Wildman–Crippen MR) is 136 cm³/mol. The van der Waals surface area contributed by atoms with Crippen LogP contribution in [0.3, 0.4) is 0 Å². The van der Waals surface area contributed by atoms with Gasteiger partial charge in [-0.2, -0.15) is 0 Å². The first-order valence-corrected chi connectivity index (χ1v) is 14.0. The lowest BCUT2D eigenvalue weighted by Crippen LogP contribution is -2.66. The van der Waals surface area contributed by atoms with Gasteiger partial charge in [-0.1, -0.05) is 41.0 Å². The fraction of sp³-hybridized carbons (Fsp3) is 0.833. The van der Waals surface area contributed by atoms with E-state index in [9.17, 15) is 14.4 Å². The number of ether oxygens (including phenoxy) is 4. The maximum absolute atomic E-state index is 13.5. The van der Waals surface area contributed by atoms with Gasteiger partial charge in [0.05, 0.1) is 17.3 Å². The Hall–Kier alpha value is -1.89.